The molecular weight excluding hydrogens is 1620 g/mol. The number of anilines is 1. The van der Waals surface area contributed by atoms with Gasteiger partial charge in [-0.3, -0.25) is 15.0 Å². The molecule has 37 heteroatoms. The highest BCUT2D eigenvalue weighted by molar-refractivity contribution is 6.48. The first kappa shape index (κ1) is 91.1. The Balaban J connectivity index is 0.000000145. The number of fused-ring (bicyclic) bond motifs is 4. The van der Waals surface area contributed by atoms with Crippen molar-refractivity contribution in [2.24, 2.45) is 58.8 Å². The Bertz CT molecular complexity index is 6310. The van der Waals surface area contributed by atoms with Crippen LogP contribution in [0.2, 0.25) is 0 Å². The maximum absolute atomic E-state index is 10.1. The summed E-state index contributed by atoms with van der Waals surface area (Å²) in [6.07, 6.45) is 7.62. The van der Waals surface area contributed by atoms with E-state index >= 15 is 0 Å². The molecule has 0 spiro atoms. The molecule has 0 saturated carbocycles. The van der Waals surface area contributed by atoms with Crippen molar-refractivity contribution in [1.82, 2.24) is 79.1 Å². The summed E-state index contributed by atoms with van der Waals surface area (Å²) in [5.41, 5.74) is 40.8. The van der Waals surface area contributed by atoms with Crippen LogP contribution < -0.4 is 64.0 Å². The maximum atomic E-state index is 10.1. The van der Waals surface area contributed by atoms with Crippen molar-refractivity contribution in [2.75, 3.05) is 71.7 Å². The summed E-state index contributed by atoms with van der Waals surface area (Å²) in [6, 6.07) is 23.2. The summed E-state index contributed by atoms with van der Waals surface area (Å²) in [4.78, 5) is 62.9. The summed E-state index contributed by atoms with van der Waals surface area (Å²) < 4.78 is 37.3. The van der Waals surface area contributed by atoms with Gasteiger partial charge in [0.2, 0.25) is 11.8 Å². The molecule has 5 aliphatic rings. The number of aliphatic hydroxyl groups is 4. The molecule has 9 aromatic heterocycles. The molecule has 19 N–H and O–H groups in total. The van der Waals surface area contributed by atoms with Crippen LogP contribution in [0.25, 0.3) is 55.7 Å². The second kappa shape index (κ2) is 39.7. The van der Waals surface area contributed by atoms with Gasteiger partial charge in [0.1, 0.15) is 153 Å². The first-order chi connectivity index (χ1) is 60.8. The number of nitrogen functional groups attached to an aromatic ring is 1. The molecule has 0 bridgehead atoms. The first-order valence-electron chi connectivity index (χ1n) is 42.2. The highest BCUT2D eigenvalue weighted by Crippen LogP contribution is 2.35. The average Bonchev–Trinajstić information content (AvgIpc) is 1.62. The van der Waals surface area contributed by atoms with Gasteiger partial charge in [-0.2, -0.15) is 0 Å². The zero-order chi connectivity index (χ0) is 90.5. The minimum atomic E-state index is -1.21. The number of aryl methyl sites for hydroxylation is 4. The number of amidine groups is 3. The third-order valence-corrected chi connectivity index (χ3v) is 20.4. The minimum absolute atomic E-state index is 0.134. The number of ether oxygens (including phenoxy) is 4. The van der Waals surface area contributed by atoms with Crippen molar-refractivity contribution in [3.63, 3.8) is 0 Å². The standard InChI is InChI=1S/C24H27N7O2.C23H25N7O3.C22H29N7O2.C21H27N7O2/c1-4-31-18-12-19(33-13-16(25)15-8-6-5-7-9-15)29-17(10-11-24(2,3)32)20(18)30-23(31)21-22(26)28-14-27-21;1-4-30-16-12-18(32-17(13-24)14-8-6-5-7-9-14)26-15(10-11-23(2,3)31)19(16)27-22(30)20-21(25)29-33-28-20;1-4-29-19-16(31-12-14-6-5-9-24-10-14)11-25-15(7-8-22(2,3)30)17(19)28-21(29)18-20(23)27-13-26-18;1-4-28-18-15(30-11-13-6-5-9-23-13)10-24-14(7-8-21(2,3)29)16(18)27-20(28)17-19(22)26-12-25-17/h5-9,12,16,32H,4,13-14,25H2,1-3H3,(H2,26,28);5-9,12,17,31H,4,13,24H2,1-3H3,(H2,25,29);11,14,24,30H,4-6,9-10,12-13H2,1-3H3,(H2,23,27);10,13,23,29H,4-6,9,11-12H2,1-3H3,(H2,22,26)/p+1/t16-;17-;14-;13-/m0100/s1. The number of nitrogens with one attached hydrogen (secondary N) is 2. The third kappa shape index (κ3) is 22.2. The van der Waals surface area contributed by atoms with Gasteiger partial charge >= 0.3 is 0 Å². The molecule has 14 heterocycles. The molecule has 127 heavy (non-hydrogen) atoms. The van der Waals surface area contributed by atoms with E-state index < -0.39 is 22.4 Å². The van der Waals surface area contributed by atoms with E-state index in [4.69, 9.17) is 72.2 Å². The van der Waals surface area contributed by atoms with Gasteiger partial charge in [-0.05, 0) is 167 Å². The zero-order valence-corrected chi connectivity index (χ0v) is 73.5. The number of aliphatic imine (C=N–C) groups is 6. The van der Waals surface area contributed by atoms with Crippen LogP contribution in [0.3, 0.4) is 0 Å². The number of aromatic nitrogens is 14. The largest absolute Gasteiger partial charge is 0.489 e. The van der Waals surface area contributed by atoms with Crippen molar-refractivity contribution in [2.45, 2.75) is 176 Å². The second-order valence-electron chi connectivity index (χ2n) is 32.5. The van der Waals surface area contributed by atoms with Crippen molar-refractivity contribution in [3.05, 3.63) is 137 Å². The Morgan fingerprint density at radius 1 is 0.512 bits per heavy atom. The summed E-state index contributed by atoms with van der Waals surface area (Å²) in [6.45, 7) is 29.3. The molecule has 16 rings (SSSR count). The second-order valence-corrected chi connectivity index (χ2v) is 32.5. The van der Waals surface area contributed by atoms with Gasteiger partial charge < -0.3 is 103 Å². The van der Waals surface area contributed by atoms with Crippen LogP contribution in [0.4, 0.5) is 5.82 Å². The zero-order valence-electron chi connectivity index (χ0n) is 73.5. The lowest BCUT2D eigenvalue weighted by Gasteiger charge is -2.23. The quantitative estimate of drug-likeness (QED) is 0.0386. The summed E-state index contributed by atoms with van der Waals surface area (Å²) in [5, 5.41) is 54.7. The molecule has 0 aliphatic carbocycles. The number of rotatable bonds is 22. The number of piperidine rings is 1. The fraction of sp³-hybridized carbons (Fsp3) is 0.422. The molecule has 11 aromatic rings. The Labute approximate surface area is 734 Å². The van der Waals surface area contributed by atoms with Crippen LogP contribution in [0.1, 0.15) is 172 Å². The van der Waals surface area contributed by atoms with Crippen LogP contribution in [0.15, 0.2) is 120 Å². The molecule has 5 aliphatic heterocycles. The normalized spacial score (nSPS) is 16.1. The number of pyridine rings is 4. The Morgan fingerprint density at radius 3 is 1.39 bits per heavy atom. The third-order valence-electron chi connectivity index (χ3n) is 20.4. The van der Waals surface area contributed by atoms with Crippen molar-refractivity contribution < 1.29 is 49.7 Å². The molecule has 0 unspecified atom stereocenters. The van der Waals surface area contributed by atoms with E-state index in [0.717, 1.165) is 78.5 Å². The Hall–Kier alpha value is -13.6. The molecule has 2 saturated heterocycles. The number of hydrogen-bond acceptors (Lipinski definition) is 32. The van der Waals surface area contributed by atoms with Gasteiger partial charge in [-0.25, -0.2) is 59.5 Å². The molecule has 662 valence electrons. The average molecular weight is 1730 g/mol. The lowest BCUT2D eigenvalue weighted by Crippen LogP contribution is -2.54. The van der Waals surface area contributed by atoms with E-state index in [9.17, 15) is 20.4 Å². The molecular formula is C90H109N28O9+. The lowest BCUT2D eigenvalue weighted by atomic mass is 10.0. The smallest absolute Gasteiger partial charge is 0.217 e. The Kier molecular flexibility index (Phi) is 28.5. The monoisotopic (exact) mass is 1730 g/mol. The van der Waals surface area contributed by atoms with E-state index in [-0.39, 0.29) is 31.2 Å². The fourth-order valence-corrected chi connectivity index (χ4v) is 14.3. The van der Waals surface area contributed by atoms with Crippen molar-refractivity contribution >= 4 is 84.6 Å². The first-order valence-corrected chi connectivity index (χ1v) is 42.2. The molecule has 2 fully saturated rings. The van der Waals surface area contributed by atoms with Crippen LogP contribution in [-0.2, 0) is 26.2 Å². The van der Waals surface area contributed by atoms with Gasteiger partial charge in [0.15, 0.2) is 52.4 Å². The van der Waals surface area contributed by atoms with E-state index in [2.05, 4.69) is 124 Å². The van der Waals surface area contributed by atoms with Crippen molar-refractivity contribution in [1.29, 1.82) is 0 Å². The topological polar surface area (TPSA) is 536 Å². The highest BCUT2D eigenvalue weighted by atomic mass is 16.6. The van der Waals surface area contributed by atoms with E-state index in [1.165, 1.54) is 0 Å². The van der Waals surface area contributed by atoms with Gasteiger partial charge in [-0.15, -0.1) is 0 Å². The predicted molar refractivity (Wildman–Crippen MR) is 486 cm³/mol. The minimum Gasteiger partial charge on any atom is -0.489 e. The number of nitrogens with zero attached hydrogens (tertiary/aromatic N) is 20. The number of hydrogen-bond donors (Lipinski definition) is 12. The molecule has 37 nitrogen and oxygen atoms in total. The number of quaternary nitrogens is 1. The molecule has 0 radical (unpaired) electrons. The number of nitrogens with two attached hydrogens (primary N) is 5. The van der Waals surface area contributed by atoms with Crippen LogP contribution in [0.5, 0.6) is 23.3 Å². The van der Waals surface area contributed by atoms with Gasteiger partial charge in [0, 0.05) is 56.8 Å². The summed E-state index contributed by atoms with van der Waals surface area (Å²) in [7, 11) is 0. The summed E-state index contributed by atoms with van der Waals surface area (Å²) in [5.74, 6) is 29.1. The van der Waals surface area contributed by atoms with E-state index in [1.54, 1.807) is 73.8 Å². The van der Waals surface area contributed by atoms with Gasteiger partial charge in [0.05, 0.1) is 36.1 Å². The lowest BCUT2D eigenvalue weighted by molar-refractivity contribution is -0.383. The Morgan fingerprint density at radius 2 is 0.953 bits per heavy atom. The molecule has 0 amide bonds. The molecule has 4 atom stereocenters. The number of imidazole rings is 4. The predicted octanol–water partition coefficient (Wildman–Crippen LogP) is 5.23. The van der Waals surface area contributed by atoms with Gasteiger partial charge in [0.25, 0.3) is 0 Å². The fourth-order valence-electron chi connectivity index (χ4n) is 14.3. The number of benzene rings is 2. The summed E-state index contributed by atoms with van der Waals surface area (Å²) >= 11 is 0. The van der Waals surface area contributed by atoms with E-state index in [1.807, 2.05) is 113 Å². The van der Waals surface area contributed by atoms with E-state index in [0.29, 0.717) is 203 Å². The molecule has 2 aromatic carbocycles. The van der Waals surface area contributed by atoms with Crippen LogP contribution >= 0.6 is 0 Å². The van der Waals surface area contributed by atoms with Crippen LogP contribution in [0, 0.1) is 53.3 Å². The van der Waals surface area contributed by atoms with Gasteiger partial charge in [-0.1, -0.05) is 84.3 Å². The SMILES string of the molecule is CCn1c(-c2nonc2N)nc2c(C#CC(C)(C)O)nc(O[C@H](C[NH3+])c3ccccc3)cc21.CCn1c(C2=NCN=C2N)nc2c(C#CC(C)(C)O)nc(OC[C@H](N)c3ccccc3)cc21.CCn1c(C2=NCN=C2N)nc2c(C#CC(C)(C)O)ncc(OC[C@@H]3CCCN3)c21.CCn1c(C2=NCN=C2N)nc2c(C#CC(C)(C)O)ncc(OC[C@H]3CCCNC3)c21. The van der Waals surface area contributed by atoms with Crippen LogP contribution in [-0.4, -0.2) is 218 Å². The maximum Gasteiger partial charge on any atom is 0.217 e. The highest BCUT2D eigenvalue weighted by Gasteiger charge is 2.31. The van der Waals surface area contributed by atoms with Crippen molar-refractivity contribution in [3.8, 4) is 82.1 Å².